The van der Waals surface area contributed by atoms with Gasteiger partial charge in [-0.3, -0.25) is 0 Å². The van der Waals surface area contributed by atoms with E-state index in [0.717, 1.165) is 26.1 Å². The maximum atomic E-state index is 9.40. The van der Waals surface area contributed by atoms with Crippen LogP contribution in [0.3, 0.4) is 0 Å². The van der Waals surface area contributed by atoms with E-state index in [1.54, 1.807) is 6.07 Å². The minimum atomic E-state index is 0.281. The Labute approximate surface area is 83.5 Å². The fraction of sp³-hybridized carbons (Fsp3) is 0.500. The highest BCUT2D eigenvalue weighted by atomic mass is 16.5. The van der Waals surface area contributed by atoms with Crippen LogP contribution in [0.25, 0.3) is 0 Å². The highest BCUT2D eigenvalue weighted by Gasteiger charge is 2.41. The van der Waals surface area contributed by atoms with Gasteiger partial charge in [-0.25, -0.2) is 0 Å². The van der Waals surface area contributed by atoms with E-state index < -0.39 is 0 Å². The second-order valence-corrected chi connectivity index (χ2v) is 4.42. The molecule has 1 unspecified atom stereocenters. The van der Waals surface area contributed by atoms with Crippen molar-refractivity contribution in [1.82, 2.24) is 0 Å². The molecule has 3 rings (SSSR count). The molecule has 1 aliphatic heterocycles. The third kappa shape index (κ3) is 1.01. The first-order chi connectivity index (χ1) is 6.80. The van der Waals surface area contributed by atoms with E-state index in [-0.39, 0.29) is 5.41 Å². The van der Waals surface area contributed by atoms with Crippen LogP contribution < -0.4 is 0 Å². The lowest BCUT2D eigenvalue weighted by molar-refractivity contribution is 0.177. The van der Waals surface area contributed by atoms with Crippen LogP contribution >= 0.6 is 0 Å². The molecule has 0 bridgehead atoms. The van der Waals surface area contributed by atoms with Crippen molar-refractivity contribution < 1.29 is 9.84 Å². The minimum absolute atomic E-state index is 0.281. The molecular formula is C12H14O2. The van der Waals surface area contributed by atoms with Gasteiger partial charge >= 0.3 is 0 Å². The van der Waals surface area contributed by atoms with E-state index in [1.807, 2.05) is 6.07 Å². The summed E-state index contributed by atoms with van der Waals surface area (Å²) < 4.78 is 5.51. The van der Waals surface area contributed by atoms with Gasteiger partial charge < -0.3 is 9.84 Å². The summed E-state index contributed by atoms with van der Waals surface area (Å²) in [5.74, 6) is 0.389. The van der Waals surface area contributed by atoms with E-state index >= 15 is 0 Å². The number of hydrogen-bond acceptors (Lipinski definition) is 2. The van der Waals surface area contributed by atoms with Gasteiger partial charge in [0, 0.05) is 12.0 Å². The molecule has 0 radical (unpaired) electrons. The summed E-state index contributed by atoms with van der Waals surface area (Å²) >= 11 is 0. The van der Waals surface area contributed by atoms with Crippen molar-refractivity contribution >= 4 is 0 Å². The van der Waals surface area contributed by atoms with Crippen molar-refractivity contribution in [3.8, 4) is 5.75 Å². The molecule has 2 heteroatoms. The Hall–Kier alpha value is -1.02. The number of phenols is 1. The van der Waals surface area contributed by atoms with E-state index in [1.165, 1.54) is 17.5 Å². The number of phenolic OH excluding ortho intramolecular Hbond substituents is 1. The predicted octanol–water partition coefficient (Wildman–Crippen LogP) is 2.00. The number of benzene rings is 1. The summed E-state index contributed by atoms with van der Waals surface area (Å²) in [7, 11) is 0. The first kappa shape index (κ1) is 8.30. The molecule has 0 amide bonds. The molecule has 1 aliphatic carbocycles. The summed E-state index contributed by atoms with van der Waals surface area (Å²) in [5, 5.41) is 9.40. The van der Waals surface area contributed by atoms with Crippen molar-refractivity contribution in [2.75, 3.05) is 13.2 Å². The first-order valence-corrected chi connectivity index (χ1v) is 5.20. The van der Waals surface area contributed by atoms with Gasteiger partial charge in [0.1, 0.15) is 5.75 Å². The van der Waals surface area contributed by atoms with Crippen molar-refractivity contribution in [1.29, 1.82) is 0 Å². The van der Waals surface area contributed by atoms with Gasteiger partial charge in [-0.1, -0.05) is 6.07 Å². The zero-order valence-electron chi connectivity index (χ0n) is 8.12. The van der Waals surface area contributed by atoms with Gasteiger partial charge in [0.05, 0.1) is 6.61 Å². The molecule has 74 valence electrons. The molecule has 1 spiro atoms. The number of rotatable bonds is 0. The van der Waals surface area contributed by atoms with E-state index in [4.69, 9.17) is 4.74 Å². The van der Waals surface area contributed by atoms with E-state index in [0.29, 0.717) is 5.75 Å². The monoisotopic (exact) mass is 190 g/mol. The summed E-state index contributed by atoms with van der Waals surface area (Å²) in [5.41, 5.74) is 3.01. The van der Waals surface area contributed by atoms with Crippen LogP contribution in [0.15, 0.2) is 18.2 Å². The Kier molecular flexibility index (Phi) is 1.62. The second kappa shape index (κ2) is 2.74. The van der Waals surface area contributed by atoms with Crippen molar-refractivity contribution in [2.45, 2.75) is 24.7 Å². The van der Waals surface area contributed by atoms with Crippen LogP contribution in [0.5, 0.6) is 5.75 Å². The van der Waals surface area contributed by atoms with Crippen LogP contribution in [0, 0.1) is 0 Å². The average molecular weight is 190 g/mol. The molecule has 0 aromatic heterocycles. The fourth-order valence-corrected chi connectivity index (χ4v) is 2.83. The zero-order valence-corrected chi connectivity index (χ0v) is 8.12. The highest BCUT2D eigenvalue weighted by molar-refractivity contribution is 5.44. The highest BCUT2D eigenvalue weighted by Crippen LogP contribution is 2.45. The number of aryl methyl sites for hydroxylation is 1. The van der Waals surface area contributed by atoms with E-state index in [9.17, 15) is 5.11 Å². The fourth-order valence-electron chi connectivity index (χ4n) is 2.83. The SMILES string of the molecule is Oc1ccc2c(c1)CCC21CCOC1. The summed E-state index contributed by atoms with van der Waals surface area (Å²) in [4.78, 5) is 0. The smallest absolute Gasteiger partial charge is 0.115 e. The molecule has 2 nitrogen and oxygen atoms in total. The number of aromatic hydroxyl groups is 1. The van der Waals surface area contributed by atoms with Crippen LogP contribution in [0.1, 0.15) is 24.0 Å². The van der Waals surface area contributed by atoms with Crippen LogP contribution in [0.4, 0.5) is 0 Å². The molecule has 0 saturated carbocycles. The van der Waals surface area contributed by atoms with Gasteiger partial charge in [-0.2, -0.15) is 0 Å². The molecule has 1 fully saturated rings. The van der Waals surface area contributed by atoms with Gasteiger partial charge in [0.15, 0.2) is 0 Å². The number of fused-ring (bicyclic) bond motifs is 2. The van der Waals surface area contributed by atoms with Crippen LogP contribution in [0.2, 0.25) is 0 Å². The lowest BCUT2D eigenvalue weighted by Gasteiger charge is -2.22. The standard InChI is InChI=1S/C12H14O2/c13-10-1-2-11-9(7-10)3-4-12(11)5-6-14-8-12/h1-2,7,13H,3-6,8H2. The van der Waals surface area contributed by atoms with Crippen molar-refractivity contribution in [3.63, 3.8) is 0 Å². The van der Waals surface area contributed by atoms with E-state index in [2.05, 4.69) is 6.07 Å². The summed E-state index contributed by atoms with van der Waals surface area (Å²) in [6, 6.07) is 5.78. The Morgan fingerprint density at radius 2 is 2.21 bits per heavy atom. The molecule has 1 aromatic rings. The third-order valence-electron chi connectivity index (χ3n) is 3.64. The third-order valence-corrected chi connectivity index (χ3v) is 3.64. The molecule has 2 aliphatic rings. The lowest BCUT2D eigenvalue weighted by Crippen LogP contribution is -2.22. The Bertz CT molecular complexity index is 365. The summed E-state index contributed by atoms with van der Waals surface area (Å²) in [6.45, 7) is 1.76. The molecule has 1 aromatic carbocycles. The topological polar surface area (TPSA) is 29.5 Å². The molecule has 1 heterocycles. The lowest BCUT2D eigenvalue weighted by atomic mass is 9.81. The van der Waals surface area contributed by atoms with Gasteiger partial charge in [0.25, 0.3) is 0 Å². The van der Waals surface area contributed by atoms with Crippen LogP contribution in [-0.4, -0.2) is 18.3 Å². The van der Waals surface area contributed by atoms with Gasteiger partial charge in [0.2, 0.25) is 0 Å². The largest absolute Gasteiger partial charge is 0.508 e. The quantitative estimate of drug-likeness (QED) is 0.678. The first-order valence-electron chi connectivity index (χ1n) is 5.20. The van der Waals surface area contributed by atoms with Crippen LogP contribution in [-0.2, 0) is 16.6 Å². The minimum Gasteiger partial charge on any atom is -0.508 e. The molecular weight excluding hydrogens is 176 g/mol. The number of hydrogen-bond donors (Lipinski definition) is 1. The zero-order chi connectivity index (χ0) is 9.60. The summed E-state index contributed by atoms with van der Waals surface area (Å²) in [6.07, 6.45) is 3.42. The normalized spacial score (nSPS) is 29.7. The second-order valence-electron chi connectivity index (χ2n) is 4.42. The van der Waals surface area contributed by atoms with Gasteiger partial charge in [-0.15, -0.1) is 0 Å². The molecule has 1 saturated heterocycles. The maximum Gasteiger partial charge on any atom is 0.115 e. The predicted molar refractivity (Wildman–Crippen MR) is 53.5 cm³/mol. The molecule has 14 heavy (non-hydrogen) atoms. The molecule has 1 N–H and O–H groups in total. The Morgan fingerprint density at radius 3 is 3.00 bits per heavy atom. The number of ether oxygens (including phenoxy) is 1. The Balaban J connectivity index is 2.09. The van der Waals surface area contributed by atoms with Gasteiger partial charge in [-0.05, 0) is 42.5 Å². The average Bonchev–Trinajstić information content (AvgIpc) is 2.77. The molecule has 1 atom stereocenters. The van der Waals surface area contributed by atoms with Crippen molar-refractivity contribution in [2.24, 2.45) is 0 Å². The Morgan fingerprint density at radius 1 is 1.29 bits per heavy atom. The van der Waals surface area contributed by atoms with Crippen molar-refractivity contribution in [3.05, 3.63) is 29.3 Å². The maximum absolute atomic E-state index is 9.40.